The van der Waals surface area contributed by atoms with Gasteiger partial charge in [-0.15, -0.1) is 0 Å². The zero-order valence-corrected chi connectivity index (χ0v) is 13.5. The second-order valence-corrected chi connectivity index (χ2v) is 7.37. The van der Waals surface area contributed by atoms with Crippen molar-refractivity contribution in [2.75, 3.05) is 13.7 Å². The standard InChI is InChI=1S/C15H18FNO4S/c1-9(2)14(15(18)21-4)17-8-10(3)12-7-11(16)5-6-13(12)22(17,19)20/h5-7,9,14H,3,8H2,1-2,4H3. The van der Waals surface area contributed by atoms with Crippen molar-refractivity contribution in [2.45, 2.75) is 24.8 Å². The maximum Gasteiger partial charge on any atom is 0.324 e. The Bertz CT molecular complexity index is 727. The first-order valence-corrected chi connectivity index (χ1v) is 8.21. The van der Waals surface area contributed by atoms with Crippen LogP contribution < -0.4 is 0 Å². The number of carbonyl (C=O) groups is 1. The Morgan fingerprint density at radius 2 is 2.05 bits per heavy atom. The van der Waals surface area contributed by atoms with Gasteiger partial charge >= 0.3 is 5.97 Å². The van der Waals surface area contributed by atoms with Crippen LogP contribution >= 0.6 is 0 Å². The minimum absolute atomic E-state index is 0.0419. The van der Waals surface area contributed by atoms with Crippen molar-refractivity contribution in [3.8, 4) is 0 Å². The second-order valence-electron chi connectivity index (χ2n) is 5.51. The van der Waals surface area contributed by atoms with E-state index in [0.29, 0.717) is 5.57 Å². The number of carbonyl (C=O) groups excluding carboxylic acids is 1. The fraction of sp³-hybridized carbons (Fsp3) is 0.400. The molecule has 2 rings (SSSR count). The lowest BCUT2D eigenvalue weighted by atomic mass is 10.0. The van der Waals surface area contributed by atoms with Crippen molar-refractivity contribution in [3.63, 3.8) is 0 Å². The molecule has 7 heteroatoms. The number of methoxy groups -OCH3 is 1. The number of halogens is 1. The zero-order valence-electron chi connectivity index (χ0n) is 12.7. The molecular weight excluding hydrogens is 309 g/mol. The summed E-state index contributed by atoms with van der Waals surface area (Å²) in [5, 5.41) is 0. The van der Waals surface area contributed by atoms with Gasteiger partial charge in [0.1, 0.15) is 11.9 Å². The lowest BCUT2D eigenvalue weighted by Gasteiger charge is -2.35. The van der Waals surface area contributed by atoms with Crippen molar-refractivity contribution in [2.24, 2.45) is 5.92 Å². The number of hydrogen-bond acceptors (Lipinski definition) is 4. The molecule has 1 aliphatic heterocycles. The number of fused-ring (bicyclic) bond motifs is 1. The van der Waals surface area contributed by atoms with E-state index in [1.165, 1.54) is 13.2 Å². The third-order valence-electron chi connectivity index (χ3n) is 3.64. The molecule has 0 spiro atoms. The molecule has 1 atom stereocenters. The van der Waals surface area contributed by atoms with Crippen molar-refractivity contribution in [1.82, 2.24) is 4.31 Å². The van der Waals surface area contributed by atoms with E-state index in [4.69, 9.17) is 4.74 Å². The van der Waals surface area contributed by atoms with Gasteiger partial charge in [0.05, 0.1) is 12.0 Å². The van der Waals surface area contributed by atoms with Crippen LogP contribution in [0.4, 0.5) is 4.39 Å². The van der Waals surface area contributed by atoms with E-state index in [0.717, 1.165) is 16.4 Å². The number of rotatable bonds is 3. The molecule has 120 valence electrons. The molecule has 22 heavy (non-hydrogen) atoms. The normalized spacial score (nSPS) is 18.9. The van der Waals surface area contributed by atoms with Gasteiger partial charge in [0.2, 0.25) is 10.0 Å². The van der Waals surface area contributed by atoms with Gasteiger partial charge in [-0.05, 0) is 29.7 Å². The minimum atomic E-state index is -3.93. The van der Waals surface area contributed by atoms with Crippen molar-refractivity contribution in [3.05, 3.63) is 36.2 Å². The van der Waals surface area contributed by atoms with E-state index in [1.807, 2.05) is 0 Å². The van der Waals surface area contributed by atoms with Crippen molar-refractivity contribution in [1.29, 1.82) is 0 Å². The molecule has 0 fully saturated rings. The van der Waals surface area contributed by atoms with E-state index >= 15 is 0 Å². The summed E-state index contributed by atoms with van der Waals surface area (Å²) in [6, 6.07) is 2.47. The van der Waals surface area contributed by atoms with Crippen LogP contribution in [0.15, 0.2) is 29.7 Å². The predicted octanol–water partition coefficient (Wildman–Crippen LogP) is 2.04. The lowest BCUT2D eigenvalue weighted by Crippen LogP contribution is -2.50. The fourth-order valence-electron chi connectivity index (χ4n) is 2.58. The smallest absolute Gasteiger partial charge is 0.324 e. The first-order chi connectivity index (χ1) is 10.2. The topological polar surface area (TPSA) is 63.7 Å². The highest BCUT2D eigenvalue weighted by Crippen LogP contribution is 2.35. The minimum Gasteiger partial charge on any atom is -0.468 e. The van der Waals surface area contributed by atoms with E-state index < -0.39 is 27.9 Å². The lowest BCUT2D eigenvalue weighted by molar-refractivity contribution is -0.146. The highest BCUT2D eigenvalue weighted by Gasteiger charge is 2.42. The number of hydrogen-bond donors (Lipinski definition) is 0. The Morgan fingerprint density at radius 1 is 1.41 bits per heavy atom. The van der Waals surface area contributed by atoms with E-state index in [1.54, 1.807) is 13.8 Å². The molecular formula is C15H18FNO4S. The first-order valence-electron chi connectivity index (χ1n) is 6.77. The molecule has 0 bridgehead atoms. The molecule has 1 aromatic rings. The van der Waals surface area contributed by atoms with Crippen LogP contribution in [0, 0.1) is 11.7 Å². The number of ether oxygens (including phenoxy) is 1. The largest absolute Gasteiger partial charge is 0.468 e. The number of esters is 1. The molecule has 1 unspecified atom stereocenters. The van der Waals surface area contributed by atoms with E-state index in [-0.39, 0.29) is 22.9 Å². The molecule has 0 amide bonds. The summed E-state index contributed by atoms with van der Waals surface area (Å²) in [5.74, 6) is -1.44. The maximum atomic E-state index is 13.4. The first kappa shape index (κ1) is 16.6. The van der Waals surface area contributed by atoms with Gasteiger partial charge < -0.3 is 4.74 Å². The zero-order chi connectivity index (χ0) is 16.7. The molecule has 0 saturated heterocycles. The Hall–Kier alpha value is -1.73. The van der Waals surface area contributed by atoms with Gasteiger partial charge in [-0.2, -0.15) is 4.31 Å². The van der Waals surface area contributed by atoms with Gasteiger partial charge in [0, 0.05) is 12.1 Å². The number of benzene rings is 1. The highest BCUT2D eigenvalue weighted by molar-refractivity contribution is 7.89. The fourth-order valence-corrected chi connectivity index (χ4v) is 4.51. The average molecular weight is 327 g/mol. The average Bonchev–Trinajstić information content (AvgIpc) is 2.44. The third kappa shape index (κ3) is 2.66. The molecule has 1 heterocycles. The van der Waals surface area contributed by atoms with Gasteiger partial charge in [-0.25, -0.2) is 12.8 Å². The monoisotopic (exact) mass is 327 g/mol. The van der Waals surface area contributed by atoms with Gasteiger partial charge in [-0.3, -0.25) is 4.79 Å². The van der Waals surface area contributed by atoms with Crippen LogP contribution in [-0.4, -0.2) is 38.4 Å². The summed E-state index contributed by atoms with van der Waals surface area (Å²) in [6.07, 6.45) is 0. The SMILES string of the molecule is C=C1CN(C(C(=O)OC)C(C)C)S(=O)(=O)c2ccc(F)cc21. The van der Waals surface area contributed by atoms with Crippen LogP contribution in [0.2, 0.25) is 0 Å². The number of sulfonamides is 1. The molecule has 0 N–H and O–H groups in total. The summed E-state index contributed by atoms with van der Waals surface area (Å²) in [7, 11) is -2.71. The molecule has 0 aromatic heterocycles. The number of nitrogens with zero attached hydrogens (tertiary/aromatic N) is 1. The van der Waals surface area contributed by atoms with Crippen LogP contribution in [0.25, 0.3) is 5.57 Å². The van der Waals surface area contributed by atoms with Crippen LogP contribution in [-0.2, 0) is 19.6 Å². The second kappa shape index (κ2) is 5.81. The van der Waals surface area contributed by atoms with Gasteiger partial charge in [0.15, 0.2) is 0 Å². The molecule has 1 aromatic carbocycles. The van der Waals surface area contributed by atoms with Crippen molar-refractivity contribution < 1.29 is 22.3 Å². The summed E-state index contributed by atoms with van der Waals surface area (Å²) in [6.45, 7) is 7.21. The molecule has 1 aliphatic rings. The van der Waals surface area contributed by atoms with Gasteiger partial charge in [0.25, 0.3) is 0 Å². The van der Waals surface area contributed by atoms with Gasteiger partial charge in [-0.1, -0.05) is 20.4 Å². The summed E-state index contributed by atoms with van der Waals surface area (Å²) in [5.41, 5.74) is 0.697. The Labute approximate surface area is 129 Å². The highest BCUT2D eigenvalue weighted by atomic mass is 32.2. The van der Waals surface area contributed by atoms with Crippen LogP contribution in [0.5, 0.6) is 0 Å². The van der Waals surface area contributed by atoms with Crippen molar-refractivity contribution >= 4 is 21.6 Å². The van der Waals surface area contributed by atoms with E-state index in [9.17, 15) is 17.6 Å². The Kier molecular flexibility index (Phi) is 4.39. The Balaban J connectivity index is 2.59. The molecule has 5 nitrogen and oxygen atoms in total. The van der Waals surface area contributed by atoms with Crippen LogP contribution in [0.1, 0.15) is 19.4 Å². The quantitative estimate of drug-likeness (QED) is 0.797. The third-order valence-corrected chi connectivity index (χ3v) is 5.53. The predicted molar refractivity (Wildman–Crippen MR) is 80.0 cm³/mol. The molecule has 0 radical (unpaired) electrons. The Morgan fingerprint density at radius 3 is 2.59 bits per heavy atom. The molecule has 0 aliphatic carbocycles. The summed E-state index contributed by atoms with van der Waals surface area (Å²) in [4.78, 5) is 12.0. The van der Waals surface area contributed by atoms with Crippen LogP contribution in [0.3, 0.4) is 0 Å². The summed E-state index contributed by atoms with van der Waals surface area (Å²) < 4.78 is 44.7. The summed E-state index contributed by atoms with van der Waals surface area (Å²) >= 11 is 0. The molecule has 0 saturated carbocycles. The van der Waals surface area contributed by atoms with E-state index in [2.05, 4.69) is 6.58 Å². The maximum absolute atomic E-state index is 13.4.